The highest BCUT2D eigenvalue weighted by molar-refractivity contribution is 9.10. The van der Waals surface area contributed by atoms with E-state index >= 15 is 0 Å². The van der Waals surface area contributed by atoms with Crippen LogP contribution in [0.5, 0.6) is 11.5 Å². The summed E-state index contributed by atoms with van der Waals surface area (Å²) in [6.07, 6.45) is 0.0635. The fourth-order valence-electron chi connectivity index (χ4n) is 2.34. The molecule has 0 aliphatic heterocycles. The van der Waals surface area contributed by atoms with Crippen LogP contribution in [-0.4, -0.2) is 5.11 Å². The molecular weight excluding hydrogens is 352 g/mol. The molecule has 0 amide bonds. The van der Waals surface area contributed by atoms with Gasteiger partial charge in [0.05, 0.1) is 6.10 Å². The minimum atomic E-state index is -0.526. The standard InChI is InChI=1S/C20H17BrO2/c21-17-10-6-15(7-11-17)14-20(22)16-8-12-19(13-9-16)23-18-4-2-1-3-5-18/h1-13,20,22H,14H2. The Bertz CT molecular complexity index is 737. The number of hydrogen-bond donors (Lipinski definition) is 1. The monoisotopic (exact) mass is 368 g/mol. The fourth-order valence-corrected chi connectivity index (χ4v) is 2.61. The number of rotatable bonds is 5. The van der Waals surface area contributed by atoms with Crippen LogP contribution in [-0.2, 0) is 6.42 Å². The first-order valence-electron chi connectivity index (χ1n) is 7.46. The van der Waals surface area contributed by atoms with Crippen molar-refractivity contribution < 1.29 is 9.84 Å². The Hall–Kier alpha value is -2.10. The maximum absolute atomic E-state index is 10.4. The second-order valence-corrected chi connectivity index (χ2v) is 6.25. The van der Waals surface area contributed by atoms with Crippen LogP contribution in [0.4, 0.5) is 0 Å². The molecule has 0 heterocycles. The van der Waals surface area contributed by atoms with Gasteiger partial charge in [0.2, 0.25) is 0 Å². The molecule has 0 bridgehead atoms. The van der Waals surface area contributed by atoms with E-state index in [-0.39, 0.29) is 0 Å². The molecule has 0 fully saturated rings. The topological polar surface area (TPSA) is 29.5 Å². The third-order valence-corrected chi connectivity index (χ3v) is 4.11. The minimum absolute atomic E-state index is 0.526. The largest absolute Gasteiger partial charge is 0.457 e. The van der Waals surface area contributed by atoms with Crippen LogP contribution >= 0.6 is 15.9 Å². The Morgan fingerprint density at radius 1 is 0.783 bits per heavy atom. The SMILES string of the molecule is OC(Cc1ccc(Br)cc1)c1ccc(Oc2ccccc2)cc1. The third-order valence-electron chi connectivity index (χ3n) is 3.59. The summed E-state index contributed by atoms with van der Waals surface area (Å²) in [4.78, 5) is 0. The van der Waals surface area contributed by atoms with Gasteiger partial charge in [-0.3, -0.25) is 0 Å². The molecule has 1 N–H and O–H groups in total. The van der Waals surface area contributed by atoms with Crippen molar-refractivity contribution in [2.45, 2.75) is 12.5 Å². The van der Waals surface area contributed by atoms with E-state index in [4.69, 9.17) is 4.74 Å². The van der Waals surface area contributed by atoms with Crippen LogP contribution in [0, 0.1) is 0 Å². The maximum atomic E-state index is 10.4. The molecule has 0 saturated heterocycles. The Morgan fingerprint density at radius 3 is 2.04 bits per heavy atom. The van der Waals surface area contributed by atoms with Crippen molar-refractivity contribution in [2.24, 2.45) is 0 Å². The smallest absolute Gasteiger partial charge is 0.127 e. The molecule has 1 atom stereocenters. The Kier molecular flexibility index (Phi) is 5.11. The number of aliphatic hydroxyl groups is 1. The summed E-state index contributed by atoms with van der Waals surface area (Å²) in [6.45, 7) is 0. The predicted octanol–water partition coefficient (Wildman–Crippen LogP) is 5.52. The lowest BCUT2D eigenvalue weighted by Gasteiger charge is -2.12. The maximum Gasteiger partial charge on any atom is 0.127 e. The zero-order chi connectivity index (χ0) is 16.1. The van der Waals surface area contributed by atoms with Crippen molar-refractivity contribution in [1.82, 2.24) is 0 Å². The van der Waals surface area contributed by atoms with Gasteiger partial charge in [-0.05, 0) is 47.5 Å². The van der Waals surface area contributed by atoms with Gasteiger partial charge in [-0.15, -0.1) is 0 Å². The molecule has 116 valence electrons. The van der Waals surface area contributed by atoms with Gasteiger partial charge in [-0.1, -0.05) is 58.4 Å². The Balaban J connectivity index is 1.65. The molecule has 0 radical (unpaired) electrons. The summed E-state index contributed by atoms with van der Waals surface area (Å²) in [5.74, 6) is 1.56. The van der Waals surface area contributed by atoms with Crippen LogP contribution < -0.4 is 4.74 Å². The summed E-state index contributed by atoms with van der Waals surface area (Å²) in [7, 11) is 0. The van der Waals surface area contributed by atoms with E-state index in [0.29, 0.717) is 6.42 Å². The molecule has 0 aromatic heterocycles. The highest BCUT2D eigenvalue weighted by atomic mass is 79.9. The highest BCUT2D eigenvalue weighted by Crippen LogP contribution is 2.25. The highest BCUT2D eigenvalue weighted by Gasteiger charge is 2.09. The van der Waals surface area contributed by atoms with Gasteiger partial charge in [-0.2, -0.15) is 0 Å². The summed E-state index contributed by atoms with van der Waals surface area (Å²) in [5, 5.41) is 10.4. The molecule has 0 aliphatic rings. The zero-order valence-electron chi connectivity index (χ0n) is 12.5. The molecule has 0 saturated carbocycles. The first-order chi connectivity index (χ1) is 11.2. The van der Waals surface area contributed by atoms with Gasteiger partial charge >= 0.3 is 0 Å². The number of ether oxygens (including phenoxy) is 1. The lowest BCUT2D eigenvalue weighted by molar-refractivity contribution is 0.178. The number of para-hydroxylation sites is 1. The van der Waals surface area contributed by atoms with Crippen molar-refractivity contribution in [3.8, 4) is 11.5 Å². The second-order valence-electron chi connectivity index (χ2n) is 5.33. The van der Waals surface area contributed by atoms with Crippen molar-refractivity contribution in [1.29, 1.82) is 0 Å². The molecule has 3 heteroatoms. The molecule has 1 unspecified atom stereocenters. The summed E-state index contributed by atoms with van der Waals surface area (Å²) in [6, 6.07) is 25.2. The predicted molar refractivity (Wildman–Crippen MR) is 95.8 cm³/mol. The lowest BCUT2D eigenvalue weighted by Crippen LogP contribution is -2.01. The van der Waals surface area contributed by atoms with E-state index in [2.05, 4.69) is 15.9 Å². The zero-order valence-corrected chi connectivity index (χ0v) is 14.1. The van der Waals surface area contributed by atoms with Crippen molar-refractivity contribution in [3.05, 3.63) is 94.5 Å². The molecule has 2 nitrogen and oxygen atoms in total. The lowest BCUT2D eigenvalue weighted by atomic mass is 10.0. The van der Waals surface area contributed by atoms with E-state index < -0.39 is 6.10 Å². The number of halogens is 1. The van der Waals surface area contributed by atoms with Crippen molar-refractivity contribution in [3.63, 3.8) is 0 Å². The van der Waals surface area contributed by atoms with Crippen molar-refractivity contribution in [2.75, 3.05) is 0 Å². The van der Waals surface area contributed by atoms with Crippen LogP contribution in [0.2, 0.25) is 0 Å². The molecule has 0 spiro atoms. The summed E-state index contributed by atoms with van der Waals surface area (Å²) in [5.41, 5.74) is 1.98. The third kappa shape index (κ3) is 4.44. The van der Waals surface area contributed by atoms with Crippen LogP contribution in [0.15, 0.2) is 83.3 Å². The minimum Gasteiger partial charge on any atom is -0.457 e. The van der Waals surface area contributed by atoms with Gasteiger partial charge in [0.1, 0.15) is 11.5 Å². The van der Waals surface area contributed by atoms with E-state index in [1.54, 1.807) is 0 Å². The Labute approximate surface area is 144 Å². The number of hydrogen-bond acceptors (Lipinski definition) is 2. The fraction of sp³-hybridized carbons (Fsp3) is 0.100. The van der Waals surface area contributed by atoms with Gasteiger partial charge in [-0.25, -0.2) is 0 Å². The van der Waals surface area contributed by atoms with Crippen molar-refractivity contribution >= 4 is 15.9 Å². The average Bonchev–Trinajstić information content (AvgIpc) is 2.58. The summed E-state index contributed by atoms with van der Waals surface area (Å²) < 4.78 is 6.80. The van der Waals surface area contributed by atoms with Crippen LogP contribution in [0.3, 0.4) is 0 Å². The normalized spacial score (nSPS) is 11.9. The first-order valence-corrected chi connectivity index (χ1v) is 8.25. The molecule has 3 aromatic rings. The van der Waals surface area contributed by atoms with E-state index in [1.165, 1.54) is 0 Å². The quantitative estimate of drug-likeness (QED) is 0.642. The molecular formula is C20H17BrO2. The Morgan fingerprint density at radius 2 is 1.39 bits per heavy atom. The molecule has 23 heavy (non-hydrogen) atoms. The second kappa shape index (κ2) is 7.44. The van der Waals surface area contributed by atoms with Gasteiger partial charge in [0.15, 0.2) is 0 Å². The molecule has 0 aliphatic carbocycles. The van der Waals surface area contributed by atoms with Crippen LogP contribution in [0.25, 0.3) is 0 Å². The first kappa shape index (κ1) is 15.8. The van der Waals surface area contributed by atoms with Gasteiger partial charge < -0.3 is 9.84 Å². The molecule has 3 rings (SSSR count). The van der Waals surface area contributed by atoms with E-state index in [9.17, 15) is 5.11 Å². The number of aliphatic hydroxyl groups excluding tert-OH is 1. The van der Waals surface area contributed by atoms with Crippen LogP contribution in [0.1, 0.15) is 17.2 Å². The number of benzene rings is 3. The van der Waals surface area contributed by atoms with Gasteiger partial charge in [0, 0.05) is 10.9 Å². The van der Waals surface area contributed by atoms with E-state index in [1.807, 2.05) is 78.9 Å². The van der Waals surface area contributed by atoms with E-state index in [0.717, 1.165) is 27.1 Å². The summed E-state index contributed by atoms with van der Waals surface area (Å²) >= 11 is 3.42. The average molecular weight is 369 g/mol. The van der Waals surface area contributed by atoms with Gasteiger partial charge in [0.25, 0.3) is 0 Å². The molecule has 3 aromatic carbocycles.